The van der Waals surface area contributed by atoms with Gasteiger partial charge in [-0.15, -0.1) is 0 Å². The van der Waals surface area contributed by atoms with Crippen LogP contribution in [0.15, 0.2) is 72.8 Å². The van der Waals surface area contributed by atoms with E-state index in [2.05, 4.69) is 4.90 Å². The molecule has 0 amide bonds. The number of hydrogen-bond acceptors (Lipinski definition) is 4. The largest absolute Gasteiger partial charge is 0.481 e. The Kier molecular flexibility index (Phi) is 9.37. The Balaban J connectivity index is 1.29. The van der Waals surface area contributed by atoms with E-state index in [4.69, 9.17) is 5.11 Å². The highest BCUT2D eigenvalue weighted by molar-refractivity contribution is 5.71. The predicted molar refractivity (Wildman–Crippen MR) is 151 cm³/mol. The van der Waals surface area contributed by atoms with Crippen LogP contribution in [0.3, 0.4) is 0 Å². The number of carbonyl (C=O) groups is 1. The highest BCUT2D eigenvalue weighted by Crippen LogP contribution is 2.41. The zero-order valence-electron chi connectivity index (χ0n) is 22.6. The van der Waals surface area contributed by atoms with Gasteiger partial charge < -0.3 is 20.2 Å². The van der Waals surface area contributed by atoms with E-state index in [0.717, 1.165) is 78.7 Å². The van der Waals surface area contributed by atoms with Crippen molar-refractivity contribution < 1.29 is 20.1 Å². The number of aliphatic hydroxyl groups is 2. The second-order valence-electron chi connectivity index (χ2n) is 10.8. The maximum atomic E-state index is 12.1. The molecule has 0 saturated carbocycles. The normalized spacial score (nSPS) is 15.9. The van der Waals surface area contributed by atoms with Crippen molar-refractivity contribution in [3.8, 4) is 0 Å². The molecule has 38 heavy (non-hydrogen) atoms. The summed E-state index contributed by atoms with van der Waals surface area (Å²) in [5.41, 5.74) is 4.92. The van der Waals surface area contributed by atoms with Gasteiger partial charge >= 0.3 is 5.97 Å². The molecule has 1 aliphatic rings. The minimum Gasteiger partial charge on any atom is -0.481 e. The fourth-order valence-corrected chi connectivity index (χ4v) is 6.01. The molecule has 0 aromatic heterocycles. The molecule has 1 saturated heterocycles. The van der Waals surface area contributed by atoms with E-state index in [1.165, 1.54) is 0 Å². The third kappa shape index (κ3) is 6.52. The zero-order valence-corrected chi connectivity index (χ0v) is 22.6. The molecule has 1 unspecified atom stereocenters. The average Bonchev–Trinajstić information content (AvgIpc) is 2.93. The fourth-order valence-electron chi connectivity index (χ4n) is 6.01. The molecule has 1 atom stereocenters. The van der Waals surface area contributed by atoms with E-state index in [0.29, 0.717) is 6.42 Å². The number of likely N-dealkylation sites (tertiary alicyclic amines) is 1. The van der Waals surface area contributed by atoms with E-state index in [1.807, 2.05) is 86.6 Å². The summed E-state index contributed by atoms with van der Waals surface area (Å²) < 4.78 is 0. The van der Waals surface area contributed by atoms with E-state index in [1.54, 1.807) is 0 Å². The van der Waals surface area contributed by atoms with E-state index in [-0.39, 0.29) is 12.3 Å². The fraction of sp³-hybridized carbons (Fsp3) is 0.424. The number of hydrogen-bond donors (Lipinski definition) is 3. The molecule has 5 heteroatoms. The van der Waals surface area contributed by atoms with E-state index in [9.17, 15) is 15.0 Å². The molecule has 3 aromatic carbocycles. The molecule has 202 valence electrons. The summed E-state index contributed by atoms with van der Waals surface area (Å²) in [7, 11) is 0. The van der Waals surface area contributed by atoms with Crippen LogP contribution in [0.5, 0.6) is 0 Å². The summed E-state index contributed by atoms with van der Waals surface area (Å²) in [6, 6.07) is 23.9. The quantitative estimate of drug-likeness (QED) is 0.325. The third-order valence-corrected chi connectivity index (χ3v) is 8.43. The van der Waals surface area contributed by atoms with Crippen LogP contribution < -0.4 is 0 Å². The van der Waals surface area contributed by atoms with E-state index < -0.39 is 17.7 Å². The van der Waals surface area contributed by atoms with Gasteiger partial charge in [-0.05, 0) is 105 Å². The zero-order chi connectivity index (χ0) is 27.1. The number of benzene rings is 3. The Morgan fingerprint density at radius 3 is 1.97 bits per heavy atom. The summed E-state index contributed by atoms with van der Waals surface area (Å²) in [4.78, 5) is 13.5. The lowest BCUT2D eigenvalue weighted by atomic mass is 9.72. The molecule has 1 heterocycles. The Morgan fingerprint density at radius 2 is 1.42 bits per heavy atom. The molecular weight excluding hydrogens is 474 g/mol. The highest BCUT2D eigenvalue weighted by atomic mass is 16.4. The van der Waals surface area contributed by atoms with Gasteiger partial charge in [0.1, 0.15) is 5.60 Å². The molecule has 0 spiro atoms. The minimum absolute atomic E-state index is 0.0281. The van der Waals surface area contributed by atoms with Crippen LogP contribution in [0.1, 0.15) is 59.1 Å². The summed E-state index contributed by atoms with van der Waals surface area (Å²) in [6.45, 7) is 6.79. The third-order valence-electron chi connectivity index (χ3n) is 8.43. The molecule has 1 fully saturated rings. The van der Waals surface area contributed by atoms with Crippen LogP contribution in [-0.4, -0.2) is 51.9 Å². The first-order chi connectivity index (χ1) is 18.3. The number of carboxylic acid groups (broad SMARTS) is 1. The highest BCUT2D eigenvalue weighted by Gasteiger charge is 2.41. The molecule has 4 rings (SSSR count). The van der Waals surface area contributed by atoms with Gasteiger partial charge in [-0.3, -0.25) is 4.79 Å². The number of carboxylic acids is 1. The summed E-state index contributed by atoms with van der Waals surface area (Å²) in [5.74, 6) is -0.682. The van der Waals surface area contributed by atoms with Gasteiger partial charge in [0.15, 0.2) is 0 Å². The molecule has 1 aliphatic heterocycles. The molecule has 0 radical (unpaired) electrons. The average molecular weight is 516 g/mol. The van der Waals surface area contributed by atoms with Crippen LogP contribution in [0.2, 0.25) is 0 Å². The first-order valence-corrected chi connectivity index (χ1v) is 13.8. The molecule has 3 N–H and O–H groups in total. The number of piperidine rings is 1. The van der Waals surface area contributed by atoms with Crippen LogP contribution in [-0.2, 0) is 23.2 Å². The lowest BCUT2D eigenvalue weighted by Crippen LogP contribution is -2.44. The van der Waals surface area contributed by atoms with Gasteiger partial charge in [-0.1, -0.05) is 72.8 Å². The van der Waals surface area contributed by atoms with Crippen molar-refractivity contribution in [1.29, 1.82) is 0 Å². The van der Waals surface area contributed by atoms with Crippen LogP contribution in [0.25, 0.3) is 0 Å². The van der Waals surface area contributed by atoms with Crippen LogP contribution >= 0.6 is 0 Å². The second-order valence-corrected chi connectivity index (χ2v) is 10.8. The summed E-state index contributed by atoms with van der Waals surface area (Å²) >= 11 is 0. The molecule has 3 aromatic rings. The molecular formula is C33H41NO4. The Labute approximate surface area is 226 Å². The SMILES string of the molecule is Cc1c(CC(=O)O)ccc(CC(O)CCCN2CCC(C(O)(c3ccccc3)c3ccccc3)CC2)c1C. The van der Waals surface area contributed by atoms with Crippen molar-refractivity contribution in [3.63, 3.8) is 0 Å². The monoisotopic (exact) mass is 515 g/mol. The molecule has 0 aliphatic carbocycles. The van der Waals surface area contributed by atoms with Gasteiger partial charge in [0.05, 0.1) is 12.5 Å². The summed E-state index contributed by atoms with van der Waals surface area (Å²) in [6.07, 6.45) is 3.69. The lowest BCUT2D eigenvalue weighted by Gasteiger charge is -2.42. The van der Waals surface area contributed by atoms with Crippen LogP contribution in [0.4, 0.5) is 0 Å². The number of nitrogens with zero attached hydrogens (tertiary/aromatic N) is 1. The van der Waals surface area contributed by atoms with Crippen molar-refractivity contribution in [3.05, 3.63) is 106 Å². The van der Waals surface area contributed by atoms with Crippen LogP contribution in [0, 0.1) is 19.8 Å². The van der Waals surface area contributed by atoms with Crippen molar-refractivity contribution in [1.82, 2.24) is 4.90 Å². The minimum atomic E-state index is -0.999. The first-order valence-electron chi connectivity index (χ1n) is 13.8. The van der Waals surface area contributed by atoms with Gasteiger partial charge in [0.25, 0.3) is 0 Å². The maximum absolute atomic E-state index is 12.1. The molecule has 5 nitrogen and oxygen atoms in total. The Bertz CT molecular complexity index is 1150. The van der Waals surface area contributed by atoms with E-state index >= 15 is 0 Å². The number of aliphatic carboxylic acids is 1. The lowest BCUT2D eigenvalue weighted by molar-refractivity contribution is -0.136. The van der Waals surface area contributed by atoms with Gasteiger partial charge in [0, 0.05) is 0 Å². The van der Waals surface area contributed by atoms with Crippen molar-refractivity contribution in [2.24, 2.45) is 5.92 Å². The standard InChI is InChI=1S/C33H41NO4/c1-24-25(2)27(23-32(36)37)16-15-26(24)22-31(35)14-9-19-34-20-17-30(18-21-34)33(38,28-10-5-3-6-11-28)29-12-7-4-8-13-29/h3-8,10-13,15-16,30-31,35,38H,9,14,17-23H2,1-2H3,(H,36,37). The van der Waals surface area contributed by atoms with Gasteiger partial charge in [0.2, 0.25) is 0 Å². The topological polar surface area (TPSA) is 81.0 Å². The van der Waals surface area contributed by atoms with Crippen molar-refractivity contribution >= 4 is 5.97 Å². The predicted octanol–water partition coefficient (Wildman–Crippen LogP) is 5.26. The van der Waals surface area contributed by atoms with Gasteiger partial charge in [-0.2, -0.15) is 0 Å². The molecule has 0 bridgehead atoms. The summed E-state index contributed by atoms with van der Waals surface area (Å²) in [5, 5.41) is 31.9. The smallest absolute Gasteiger partial charge is 0.307 e. The number of aliphatic hydroxyl groups excluding tert-OH is 1. The van der Waals surface area contributed by atoms with Crippen molar-refractivity contribution in [2.75, 3.05) is 19.6 Å². The Morgan fingerprint density at radius 1 is 0.895 bits per heavy atom. The first kappa shape index (κ1) is 28.0. The van der Waals surface area contributed by atoms with Gasteiger partial charge in [-0.25, -0.2) is 0 Å². The number of rotatable bonds is 11. The maximum Gasteiger partial charge on any atom is 0.307 e. The van der Waals surface area contributed by atoms with Crippen molar-refractivity contribution in [2.45, 2.75) is 64.1 Å². The Hall–Kier alpha value is -2.99. The second kappa shape index (κ2) is 12.7.